The monoisotopic (exact) mass is 1290 g/mol. The first-order chi connectivity index (χ1) is 42.0. The van der Waals surface area contributed by atoms with Crippen LogP contribution in [0.2, 0.25) is 5.02 Å². The first-order valence-electron chi connectivity index (χ1n) is 36.8. The standard InChI is InChI=1S/C11H24N2.C11H23N.C11H16.C10H15N.C10H14.C9H12ClN.C9H18.C8H16.C7H14/c1-11(2,3)5-6-13-9-7-12(4)8-10-13;1-11(2,3)7-10-12-8-5-4-6-9-12;1-9-7-5-6-8-10(9)11(2,3)4;1-8-6-5-7-11-9(8)10(2,3)4;1-10(2,3)9-7-5-4-6-8-9;1-9(2,3)8-7(10)5-4-6-11-8;1-9(2,3)8-6-4-5-7-8;1-8(2,3)7-5-4-6-7;1-7(2,3)6-4-5-6/h5-10H2,1-4H3;4-10H2,1-3H3;5-8H,1-4H3;5-7H,1-4H3;4-8H,1-3H3;4-6H,1-3H3;8H,4-7H2,1-3H3;7H,4-6H2,1-3H3;6H,4-5H2,1-3H3. The number of likely N-dealkylation sites (tertiary alicyclic amines) is 1. The van der Waals surface area contributed by atoms with Gasteiger partial charge in [0.2, 0.25) is 0 Å². The van der Waals surface area contributed by atoms with Crippen LogP contribution >= 0.6 is 11.6 Å². The van der Waals surface area contributed by atoms with Crippen molar-refractivity contribution in [1.29, 1.82) is 0 Å². The number of aryl methyl sites for hydroxylation is 2. The normalized spacial score (nSPS) is 17.3. The number of nitrogens with zero attached hydrogens (tertiary/aromatic N) is 5. The van der Waals surface area contributed by atoms with E-state index in [4.69, 9.17) is 11.6 Å². The Morgan fingerprint density at radius 3 is 1.03 bits per heavy atom. The van der Waals surface area contributed by atoms with Crippen LogP contribution in [0.5, 0.6) is 0 Å². The average Bonchev–Trinajstić information content (AvgIpc) is 1.04. The summed E-state index contributed by atoms with van der Waals surface area (Å²) in [5, 5.41) is 0.750. The minimum absolute atomic E-state index is 0.0400. The molecule has 2 aromatic carbocycles. The lowest BCUT2D eigenvalue weighted by molar-refractivity contribution is 0.139. The van der Waals surface area contributed by atoms with Crippen molar-refractivity contribution in [3.8, 4) is 0 Å². The fourth-order valence-corrected chi connectivity index (χ4v) is 12.2. The van der Waals surface area contributed by atoms with E-state index in [1.165, 1.54) is 170 Å². The van der Waals surface area contributed by atoms with E-state index in [1.54, 1.807) is 6.20 Å². The predicted octanol–water partition coefficient (Wildman–Crippen LogP) is 25.1. The molecule has 3 saturated carbocycles. The van der Waals surface area contributed by atoms with E-state index >= 15 is 0 Å². The van der Waals surface area contributed by atoms with E-state index in [1.807, 2.05) is 24.4 Å². The second-order valence-corrected chi connectivity index (χ2v) is 38.2. The molecule has 528 valence electrons. The van der Waals surface area contributed by atoms with Gasteiger partial charge in [0.05, 0.1) is 10.7 Å². The molecule has 0 atom stereocenters. The van der Waals surface area contributed by atoms with Gasteiger partial charge in [0.1, 0.15) is 0 Å². The van der Waals surface area contributed by atoms with E-state index in [2.05, 4.69) is 293 Å². The summed E-state index contributed by atoms with van der Waals surface area (Å²) in [5.74, 6) is 3.09. The van der Waals surface area contributed by atoms with Gasteiger partial charge in [-0.25, -0.2) is 0 Å². The molecular formula is C86H152ClN5. The molecule has 2 aromatic heterocycles. The lowest BCUT2D eigenvalue weighted by Crippen LogP contribution is -2.45. The fourth-order valence-electron chi connectivity index (χ4n) is 11.8. The largest absolute Gasteiger partial charge is 0.304 e. The van der Waals surface area contributed by atoms with Gasteiger partial charge in [-0.3, -0.25) is 9.97 Å². The quantitative estimate of drug-likeness (QED) is 0.203. The van der Waals surface area contributed by atoms with Crippen molar-refractivity contribution in [2.45, 2.75) is 312 Å². The highest BCUT2D eigenvalue weighted by Crippen LogP contribution is 2.44. The highest BCUT2D eigenvalue weighted by molar-refractivity contribution is 6.31. The number of hydrogen-bond donors (Lipinski definition) is 0. The lowest BCUT2D eigenvalue weighted by atomic mass is 9.69. The van der Waals surface area contributed by atoms with Crippen LogP contribution in [0.25, 0.3) is 0 Å². The number of rotatable bonds is 4. The van der Waals surface area contributed by atoms with E-state index in [9.17, 15) is 0 Å². The van der Waals surface area contributed by atoms with Crippen molar-refractivity contribution in [1.82, 2.24) is 24.7 Å². The van der Waals surface area contributed by atoms with E-state index in [0.29, 0.717) is 32.5 Å². The highest BCUT2D eigenvalue weighted by atomic mass is 35.5. The van der Waals surface area contributed by atoms with E-state index < -0.39 is 0 Å². The van der Waals surface area contributed by atoms with Gasteiger partial charge in [-0.15, -0.1) is 0 Å². The minimum Gasteiger partial charge on any atom is -0.304 e. The molecular weight excluding hydrogens is 1140 g/mol. The molecule has 5 aliphatic rings. The molecule has 4 aromatic rings. The number of halogens is 1. The van der Waals surface area contributed by atoms with Crippen molar-refractivity contribution < 1.29 is 0 Å². The van der Waals surface area contributed by atoms with Crippen molar-refractivity contribution in [2.24, 2.45) is 44.8 Å². The maximum absolute atomic E-state index is 5.95. The second kappa shape index (κ2) is 40.0. The van der Waals surface area contributed by atoms with Gasteiger partial charge in [-0.05, 0) is 207 Å². The van der Waals surface area contributed by atoms with Gasteiger partial charge in [-0.1, -0.05) is 285 Å². The smallest absolute Gasteiger partial charge is 0.0642 e. The Balaban J connectivity index is 0.000000520. The SMILES string of the molecule is CC(C)(C)C1CC1.CC(C)(C)C1CCC1.CC(C)(C)C1CCCC1.CC(C)(C)CCN1CCCCC1.CC(C)(C)c1ccccc1.CC(C)(C)c1ncccc1Cl.CN1CCN(CCC(C)(C)C)CC1.Cc1ccccc1C(C)(C)C.Cc1cccnc1C(C)(C)C. The summed E-state index contributed by atoms with van der Waals surface area (Å²) in [6.45, 7) is 75.8. The molecule has 5 nitrogen and oxygen atoms in total. The third-order valence-corrected chi connectivity index (χ3v) is 19.2. The Bertz CT molecular complexity index is 2370. The number of pyridine rings is 2. The molecule has 5 fully saturated rings. The zero-order chi connectivity index (χ0) is 70.6. The van der Waals surface area contributed by atoms with Crippen molar-refractivity contribution in [3.05, 3.63) is 130 Å². The lowest BCUT2D eigenvalue weighted by Gasteiger charge is -2.37. The number of benzene rings is 2. The molecule has 0 bridgehead atoms. The van der Waals surface area contributed by atoms with Crippen molar-refractivity contribution in [3.63, 3.8) is 0 Å². The Kier molecular flexibility index (Phi) is 37.8. The zero-order valence-corrected chi connectivity index (χ0v) is 67.3. The number of hydrogen-bond acceptors (Lipinski definition) is 5. The van der Waals surface area contributed by atoms with Gasteiger partial charge >= 0.3 is 0 Å². The van der Waals surface area contributed by atoms with Crippen LogP contribution in [-0.2, 0) is 21.7 Å². The maximum atomic E-state index is 5.95. The summed E-state index contributed by atoms with van der Waals surface area (Å²) in [4.78, 5) is 16.2. The first-order valence-corrected chi connectivity index (χ1v) is 37.2. The number of piperidine rings is 1. The van der Waals surface area contributed by atoms with Crippen LogP contribution in [0.1, 0.15) is 310 Å². The van der Waals surface area contributed by atoms with Gasteiger partial charge < -0.3 is 14.7 Å². The highest BCUT2D eigenvalue weighted by Gasteiger charge is 2.33. The number of likely N-dealkylation sites (N-methyl/N-ethyl adjacent to an activating group) is 1. The van der Waals surface area contributed by atoms with Crippen molar-refractivity contribution in [2.75, 3.05) is 59.4 Å². The Labute approximate surface area is 579 Å². The maximum Gasteiger partial charge on any atom is 0.0642 e. The number of aromatic nitrogens is 2. The van der Waals surface area contributed by atoms with E-state index in [0.717, 1.165) is 28.5 Å². The molecule has 0 radical (unpaired) electrons. The van der Waals surface area contributed by atoms with Crippen LogP contribution < -0.4 is 0 Å². The molecule has 6 heteroatoms. The second-order valence-electron chi connectivity index (χ2n) is 37.8. The molecule has 9 rings (SSSR count). The summed E-state index contributed by atoms with van der Waals surface area (Å²) >= 11 is 5.95. The summed E-state index contributed by atoms with van der Waals surface area (Å²) in [7, 11) is 2.21. The predicted molar refractivity (Wildman–Crippen MR) is 413 cm³/mol. The molecule has 0 unspecified atom stereocenters. The molecule has 3 aliphatic carbocycles. The Morgan fingerprint density at radius 2 is 0.750 bits per heavy atom. The minimum atomic E-state index is 0.0400. The third-order valence-electron chi connectivity index (χ3n) is 18.9. The van der Waals surface area contributed by atoms with Gasteiger partial charge in [0.15, 0.2) is 0 Å². The van der Waals surface area contributed by atoms with E-state index in [-0.39, 0.29) is 16.2 Å². The Hall–Kier alpha value is -3.09. The summed E-state index contributed by atoms with van der Waals surface area (Å²) in [6, 6.07) is 26.9. The van der Waals surface area contributed by atoms with Gasteiger partial charge in [-0.2, -0.15) is 0 Å². The first kappa shape index (κ1) is 86.9. The van der Waals surface area contributed by atoms with Crippen LogP contribution in [0.15, 0.2) is 91.3 Å². The third kappa shape index (κ3) is 40.5. The molecule has 0 amide bonds. The molecule has 0 N–H and O–H groups in total. The fraction of sp³-hybridized carbons (Fsp3) is 0.744. The summed E-state index contributed by atoms with van der Waals surface area (Å²) in [6.07, 6.45) is 23.9. The molecule has 2 aliphatic heterocycles. The van der Waals surface area contributed by atoms with Crippen LogP contribution in [0, 0.1) is 58.7 Å². The summed E-state index contributed by atoms with van der Waals surface area (Å²) < 4.78 is 0. The molecule has 0 spiro atoms. The van der Waals surface area contributed by atoms with Crippen LogP contribution in [0.4, 0.5) is 0 Å². The van der Waals surface area contributed by atoms with Crippen molar-refractivity contribution >= 4 is 11.6 Å². The number of piperazine rings is 1. The topological polar surface area (TPSA) is 35.5 Å². The molecule has 2 saturated heterocycles. The van der Waals surface area contributed by atoms with Gasteiger partial charge in [0.25, 0.3) is 0 Å². The van der Waals surface area contributed by atoms with Crippen LogP contribution in [0.3, 0.4) is 0 Å². The molecule has 92 heavy (non-hydrogen) atoms. The average molecular weight is 1290 g/mol. The zero-order valence-electron chi connectivity index (χ0n) is 66.6. The Morgan fingerprint density at radius 1 is 0.370 bits per heavy atom. The summed E-state index contributed by atoms with van der Waals surface area (Å²) in [5.41, 5.74) is 11.2. The molecule has 4 heterocycles. The van der Waals surface area contributed by atoms with Gasteiger partial charge in [0, 0.05) is 55.1 Å². The van der Waals surface area contributed by atoms with Crippen LogP contribution in [-0.4, -0.2) is 84.1 Å².